The van der Waals surface area contributed by atoms with Gasteiger partial charge in [-0.05, 0) is 31.5 Å². The van der Waals surface area contributed by atoms with E-state index in [0.717, 1.165) is 0 Å². The summed E-state index contributed by atoms with van der Waals surface area (Å²) in [5, 5.41) is 21.2. The Morgan fingerprint density at radius 2 is 2.18 bits per heavy atom. The monoisotopic (exact) mass is 238 g/mol. The summed E-state index contributed by atoms with van der Waals surface area (Å²) in [5.41, 5.74) is 6.66. The van der Waals surface area contributed by atoms with Gasteiger partial charge < -0.3 is 21.3 Å². The lowest BCUT2D eigenvalue weighted by Gasteiger charge is -2.15. The fraction of sp³-hybridized carbons (Fsp3) is 0.417. The topological polar surface area (TPSA) is 95.6 Å². The highest BCUT2D eigenvalue weighted by Crippen LogP contribution is 2.17. The number of nitrogens with two attached hydrogens (primary N) is 1. The van der Waals surface area contributed by atoms with Crippen LogP contribution in [0.1, 0.15) is 22.8 Å². The Kier molecular flexibility index (Phi) is 4.48. The molecule has 2 atom stereocenters. The van der Waals surface area contributed by atoms with Crippen LogP contribution in [0, 0.1) is 6.92 Å². The molecule has 0 aliphatic rings. The molecule has 0 heterocycles. The third-order valence-electron chi connectivity index (χ3n) is 2.59. The van der Waals surface area contributed by atoms with Gasteiger partial charge in [-0.25, -0.2) is 0 Å². The van der Waals surface area contributed by atoms with Gasteiger partial charge in [0, 0.05) is 18.2 Å². The SMILES string of the molecule is Cc1ccc(C(=O)NCC(N)C(C)O)cc1O. The molecule has 1 amide bonds. The highest BCUT2D eigenvalue weighted by molar-refractivity contribution is 5.94. The van der Waals surface area contributed by atoms with E-state index in [-0.39, 0.29) is 18.2 Å². The Labute approximate surface area is 100 Å². The molecule has 5 nitrogen and oxygen atoms in total. The summed E-state index contributed by atoms with van der Waals surface area (Å²) >= 11 is 0. The van der Waals surface area contributed by atoms with E-state index >= 15 is 0 Å². The fourth-order valence-corrected chi connectivity index (χ4v) is 1.23. The van der Waals surface area contributed by atoms with Crippen molar-refractivity contribution in [3.63, 3.8) is 0 Å². The summed E-state index contributed by atoms with van der Waals surface area (Å²) in [5.74, 6) is -0.242. The quantitative estimate of drug-likeness (QED) is 0.600. The van der Waals surface area contributed by atoms with Crippen molar-refractivity contribution >= 4 is 5.91 Å². The molecule has 0 aliphatic heterocycles. The first-order valence-electron chi connectivity index (χ1n) is 5.43. The second-order valence-corrected chi connectivity index (χ2v) is 4.12. The molecular weight excluding hydrogens is 220 g/mol. The molecule has 0 spiro atoms. The maximum absolute atomic E-state index is 11.7. The smallest absolute Gasteiger partial charge is 0.251 e. The number of aromatic hydroxyl groups is 1. The largest absolute Gasteiger partial charge is 0.508 e. The summed E-state index contributed by atoms with van der Waals surface area (Å²) in [6, 6.07) is 4.19. The van der Waals surface area contributed by atoms with Gasteiger partial charge in [0.1, 0.15) is 5.75 Å². The lowest BCUT2D eigenvalue weighted by molar-refractivity contribution is 0.0937. The molecule has 1 aromatic carbocycles. The van der Waals surface area contributed by atoms with Crippen molar-refractivity contribution in [1.29, 1.82) is 0 Å². The highest BCUT2D eigenvalue weighted by atomic mass is 16.3. The van der Waals surface area contributed by atoms with Gasteiger partial charge in [0.25, 0.3) is 5.91 Å². The van der Waals surface area contributed by atoms with E-state index in [4.69, 9.17) is 10.8 Å². The zero-order valence-corrected chi connectivity index (χ0v) is 9.97. The van der Waals surface area contributed by atoms with E-state index in [1.807, 2.05) is 0 Å². The lowest BCUT2D eigenvalue weighted by Crippen LogP contribution is -2.43. The number of benzene rings is 1. The van der Waals surface area contributed by atoms with Crippen LogP contribution in [0.3, 0.4) is 0 Å². The number of aryl methyl sites for hydroxylation is 1. The minimum Gasteiger partial charge on any atom is -0.508 e. The van der Waals surface area contributed by atoms with Crippen molar-refractivity contribution in [2.75, 3.05) is 6.54 Å². The van der Waals surface area contributed by atoms with Crippen molar-refractivity contribution in [2.24, 2.45) is 5.73 Å². The van der Waals surface area contributed by atoms with Gasteiger partial charge in [-0.3, -0.25) is 4.79 Å². The Morgan fingerprint density at radius 3 is 2.71 bits per heavy atom. The molecule has 0 bridgehead atoms. The first-order chi connectivity index (χ1) is 7.91. The summed E-state index contributed by atoms with van der Waals surface area (Å²) in [6.07, 6.45) is -0.679. The number of aliphatic hydroxyl groups excluding tert-OH is 1. The average Bonchev–Trinajstić information content (AvgIpc) is 2.28. The number of hydrogen-bond donors (Lipinski definition) is 4. The summed E-state index contributed by atoms with van der Waals surface area (Å²) in [7, 11) is 0. The molecular formula is C12H18N2O3. The number of aliphatic hydroxyl groups is 1. The van der Waals surface area contributed by atoms with Crippen molar-refractivity contribution in [1.82, 2.24) is 5.32 Å². The molecule has 2 unspecified atom stereocenters. The van der Waals surface area contributed by atoms with Gasteiger partial charge in [-0.1, -0.05) is 6.07 Å². The van der Waals surface area contributed by atoms with Crippen molar-refractivity contribution < 1.29 is 15.0 Å². The van der Waals surface area contributed by atoms with Crippen molar-refractivity contribution in [3.05, 3.63) is 29.3 Å². The van der Waals surface area contributed by atoms with E-state index in [0.29, 0.717) is 11.1 Å². The van der Waals surface area contributed by atoms with Crippen LogP contribution in [0.25, 0.3) is 0 Å². The van der Waals surface area contributed by atoms with Gasteiger partial charge in [-0.2, -0.15) is 0 Å². The van der Waals surface area contributed by atoms with Crippen LogP contribution in [0.15, 0.2) is 18.2 Å². The molecule has 94 valence electrons. The van der Waals surface area contributed by atoms with E-state index in [9.17, 15) is 9.90 Å². The van der Waals surface area contributed by atoms with Crippen LogP contribution in [-0.2, 0) is 0 Å². The summed E-state index contributed by atoms with van der Waals surface area (Å²) in [6.45, 7) is 3.50. The van der Waals surface area contributed by atoms with Crippen LogP contribution in [0.2, 0.25) is 0 Å². The predicted molar refractivity (Wildman–Crippen MR) is 64.8 cm³/mol. The molecule has 17 heavy (non-hydrogen) atoms. The van der Waals surface area contributed by atoms with Crippen molar-refractivity contribution in [3.8, 4) is 5.75 Å². The number of rotatable bonds is 4. The number of nitrogens with one attached hydrogen (secondary N) is 1. The zero-order valence-electron chi connectivity index (χ0n) is 9.97. The Hall–Kier alpha value is -1.59. The number of phenols is 1. The van der Waals surface area contributed by atoms with Gasteiger partial charge in [-0.15, -0.1) is 0 Å². The van der Waals surface area contributed by atoms with E-state index in [1.165, 1.54) is 6.07 Å². The van der Waals surface area contributed by atoms with Crippen LogP contribution >= 0.6 is 0 Å². The molecule has 0 aliphatic carbocycles. The number of amides is 1. The van der Waals surface area contributed by atoms with Gasteiger partial charge >= 0.3 is 0 Å². The lowest BCUT2D eigenvalue weighted by atomic mass is 10.1. The Bertz CT molecular complexity index is 405. The molecule has 0 aromatic heterocycles. The number of carbonyl (C=O) groups excluding carboxylic acids is 1. The molecule has 5 heteroatoms. The third kappa shape index (κ3) is 3.72. The van der Waals surface area contributed by atoms with Crippen LogP contribution < -0.4 is 11.1 Å². The standard InChI is InChI=1S/C12H18N2O3/c1-7-3-4-9(5-11(7)16)12(17)14-6-10(13)8(2)15/h3-5,8,10,15-16H,6,13H2,1-2H3,(H,14,17). The van der Waals surface area contributed by atoms with Crippen LogP contribution in [0.4, 0.5) is 0 Å². The minimum absolute atomic E-state index is 0.0810. The number of hydrogen-bond acceptors (Lipinski definition) is 4. The normalized spacial score (nSPS) is 14.1. The van der Waals surface area contributed by atoms with Gasteiger partial charge in [0.2, 0.25) is 0 Å². The molecule has 5 N–H and O–H groups in total. The molecule has 0 saturated heterocycles. The van der Waals surface area contributed by atoms with Gasteiger partial charge in [0.05, 0.1) is 6.10 Å². The Morgan fingerprint density at radius 1 is 1.53 bits per heavy atom. The molecule has 1 rings (SSSR count). The van der Waals surface area contributed by atoms with Crippen LogP contribution in [0.5, 0.6) is 5.75 Å². The van der Waals surface area contributed by atoms with E-state index in [2.05, 4.69) is 5.32 Å². The summed E-state index contributed by atoms with van der Waals surface area (Å²) < 4.78 is 0. The third-order valence-corrected chi connectivity index (χ3v) is 2.59. The second-order valence-electron chi connectivity index (χ2n) is 4.12. The van der Waals surface area contributed by atoms with E-state index in [1.54, 1.807) is 26.0 Å². The molecule has 0 radical (unpaired) electrons. The van der Waals surface area contributed by atoms with Crippen LogP contribution in [-0.4, -0.2) is 34.8 Å². The molecule has 0 fully saturated rings. The predicted octanol–water partition coefficient (Wildman–Crippen LogP) is 0.139. The highest BCUT2D eigenvalue weighted by Gasteiger charge is 2.12. The number of carbonyl (C=O) groups is 1. The summed E-state index contributed by atoms with van der Waals surface area (Å²) in [4.78, 5) is 11.7. The molecule has 1 aromatic rings. The number of phenolic OH excluding ortho intramolecular Hbond substituents is 1. The second kappa shape index (κ2) is 5.65. The minimum atomic E-state index is -0.679. The first kappa shape index (κ1) is 13.5. The maximum atomic E-state index is 11.7. The van der Waals surface area contributed by atoms with Gasteiger partial charge in [0.15, 0.2) is 0 Å². The molecule has 0 saturated carbocycles. The average molecular weight is 238 g/mol. The zero-order chi connectivity index (χ0) is 13.0. The maximum Gasteiger partial charge on any atom is 0.251 e. The Balaban J connectivity index is 2.61. The fourth-order valence-electron chi connectivity index (χ4n) is 1.23. The van der Waals surface area contributed by atoms with Crippen molar-refractivity contribution in [2.45, 2.75) is 26.0 Å². The first-order valence-corrected chi connectivity index (χ1v) is 5.43. The van der Waals surface area contributed by atoms with E-state index < -0.39 is 12.1 Å².